The number of hydrogen-bond acceptors (Lipinski definition) is 3. The molecule has 0 aliphatic heterocycles. The van der Waals surface area contributed by atoms with Gasteiger partial charge in [-0.2, -0.15) is 13.2 Å². The van der Waals surface area contributed by atoms with Gasteiger partial charge in [-0.05, 0) is 40.2 Å². The molecule has 0 aliphatic rings. The molecule has 2 heterocycles. The first-order valence-corrected chi connectivity index (χ1v) is 9.64. The van der Waals surface area contributed by atoms with Crippen molar-refractivity contribution in [1.29, 1.82) is 0 Å². The van der Waals surface area contributed by atoms with Crippen LogP contribution >= 0.6 is 15.9 Å². The van der Waals surface area contributed by atoms with Crippen LogP contribution in [0.1, 0.15) is 5.56 Å². The van der Waals surface area contributed by atoms with Crippen molar-refractivity contribution < 1.29 is 30.4 Å². The third-order valence-electron chi connectivity index (χ3n) is 3.58. The van der Waals surface area contributed by atoms with Crippen LogP contribution in [-0.4, -0.2) is 18.4 Å². The zero-order chi connectivity index (χ0) is 20.7. The molecule has 0 saturated heterocycles. The molecule has 2 aromatic heterocycles. The van der Waals surface area contributed by atoms with E-state index >= 15 is 0 Å². The molecular weight excluding hydrogens is 473 g/mol. The van der Waals surface area contributed by atoms with E-state index in [-0.39, 0.29) is 17.0 Å². The van der Waals surface area contributed by atoms with Crippen LogP contribution in [0, 0.1) is 11.6 Å². The lowest BCUT2D eigenvalue weighted by molar-refractivity contribution is -0.140. The number of nitrogens with one attached hydrogen (secondary N) is 2. The van der Waals surface area contributed by atoms with Crippen LogP contribution in [-0.2, 0) is 16.2 Å². The lowest BCUT2D eigenvalue weighted by Crippen LogP contribution is -2.15. The Morgan fingerprint density at radius 2 is 1.79 bits per heavy atom. The summed E-state index contributed by atoms with van der Waals surface area (Å²) < 4.78 is 92.5. The number of anilines is 1. The normalized spacial score (nSPS) is 12.2. The van der Waals surface area contributed by atoms with Gasteiger partial charge in [0.05, 0.1) is 22.6 Å². The van der Waals surface area contributed by atoms with Crippen molar-refractivity contribution in [2.45, 2.75) is 11.1 Å². The molecular formula is C16H9BrF5N3O2S. The lowest BCUT2D eigenvalue weighted by atomic mass is 10.2. The SMILES string of the molecule is O=S(=O)(Nc1cc(F)c(C(F)(F)F)cc1F)c1c[nH]c(-c2ccc(Br)cn2)c1. The molecule has 3 aromatic rings. The molecule has 0 fully saturated rings. The molecule has 0 bridgehead atoms. The Hall–Kier alpha value is -2.47. The van der Waals surface area contributed by atoms with Gasteiger partial charge in [-0.15, -0.1) is 0 Å². The predicted molar refractivity (Wildman–Crippen MR) is 93.9 cm³/mol. The van der Waals surface area contributed by atoms with Crippen LogP contribution < -0.4 is 4.72 Å². The zero-order valence-electron chi connectivity index (χ0n) is 13.5. The van der Waals surface area contributed by atoms with E-state index < -0.39 is 39.1 Å². The van der Waals surface area contributed by atoms with Gasteiger partial charge in [-0.1, -0.05) is 0 Å². The molecule has 0 unspecified atom stereocenters. The molecule has 3 rings (SSSR count). The third-order valence-corrected chi connectivity index (χ3v) is 5.39. The van der Waals surface area contributed by atoms with Crippen molar-refractivity contribution in [3.05, 3.63) is 64.4 Å². The van der Waals surface area contributed by atoms with Gasteiger partial charge >= 0.3 is 6.18 Å². The summed E-state index contributed by atoms with van der Waals surface area (Å²) in [7, 11) is -4.40. The summed E-state index contributed by atoms with van der Waals surface area (Å²) in [5.41, 5.74) is -2.04. The van der Waals surface area contributed by atoms with Gasteiger partial charge in [-0.3, -0.25) is 9.71 Å². The van der Waals surface area contributed by atoms with Crippen molar-refractivity contribution in [2.24, 2.45) is 0 Å². The first kappa shape index (κ1) is 20.3. The summed E-state index contributed by atoms with van der Waals surface area (Å²) in [4.78, 5) is 6.41. The van der Waals surface area contributed by atoms with Gasteiger partial charge in [-0.25, -0.2) is 17.2 Å². The van der Waals surface area contributed by atoms with E-state index in [1.54, 1.807) is 16.9 Å². The Bertz CT molecular complexity index is 1130. The standard InChI is InChI=1S/C16H9BrF5N3O2S/c17-8-1-2-13(23-6-8)15-3-9(7-24-15)28(26,27)25-14-5-11(18)10(4-12(14)19)16(20,21)22/h1-7,24-25H. The molecule has 0 saturated carbocycles. The van der Waals surface area contributed by atoms with Crippen molar-refractivity contribution in [3.8, 4) is 11.4 Å². The summed E-state index contributed by atoms with van der Waals surface area (Å²) >= 11 is 3.21. The van der Waals surface area contributed by atoms with Crippen LogP contribution in [0.3, 0.4) is 0 Å². The molecule has 2 N–H and O–H groups in total. The number of H-pyrrole nitrogens is 1. The molecule has 12 heteroatoms. The number of benzene rings is 1. The van der Waals surface area contributed by atoms with Crippen LogP contribution in [0.4, 0.5) is 27.6 Å². The second kappa shape index (κ2) is 7.17. The van der Waals surface area contributed by atoms with Crippen molar-refractivity contribution in [2.75, 3.05) is 4.72 Å². The molecule has 0 radical (unpaired) electrons. The summed E-state index contributed by atoms with van der Waals surface area (Å²) in [6.07, 6.45) is -2.54. The highest BCUT2D eigenvalue weighted by molar-refractivity contribution is 9.10. The van der Waals surface area contributed by atoms with Crippen LogP contribution in [0.25, 0.3) is 11.4 Å². The summed E-state index contributed by atoms with van der Waals surface area (Å²) in [5, 5.41) is 0. The second-order valence-electron chi connectivity index (χ2n) is 5.53. The minimum Gasteiger partial charge on any atom is -0.359 e. The molecule has 0 spiro atoms. The highest BCUT2D eigenvalue weighted by atomic mass is 79.9. The molecule has 0 amide bonds. The highest BCUT2D eigenvalue weighted by Gasteiger charge is 2.35. The minimum absolute atomic E-state index is 0.110. The monoisotopic (exact) mass is 481 g/mol. The number of halogens is 6. The molecule has 148 valence electrons. The van der Waals surface area contributed by atoms with Gasteiger partial charge in [0.1, 0.15) is 16.5 Å². The number of aromatic nitrogens is 2. The lowest BCUT2D eigenvalue weighted by Gasteiger charge is -2.12. The Kier molecular flexibility index (Phi) is 5.19. The number of hydrogen-bond donors (Lipinski definition) is 2. The summed E-state index contributed by atoms with van der Waals surface area (Å²) in [5.74, 6) is -3.37. The van der Waals surface area contributed by atoms with E-state index in [1.165, 1.54) is 12.3 Å². The number of nitrogens with zero attached hydrogens (tertiary/aromatic N) is 1. The molecule has 0 atom stereocenters. The van der Waals surface area contributed by atoms with Crippen molar-refractivity contribution in [3.63, 3.8) is 0 Å². The smallest absolute Gasteiger partial charge is 0.359 e. The maximum atomic E-state index is 13.9. The third kappa shape index (κ3) is 4.17. The molecule has 28 heavy (non-hydrogen) atoms. The Balaban J connectivity index is 1.91. The summed E-state index contributed by atoms with van der Waals surface area (Å²) in [6.45, 7) is 0. The van der Waals surface area contributed by atoms with E-state index in [4.69, 9.17) is 0 Å². The van der Waals surface area contributed by atoms with E-state index in [0.29, 0.717) is 15.9 Å². The van der Waals surface area contributed by atoms with E-state index in [2.05, 4.69) is 25.9 Å². The maximum absolute atomic E-state index is 13.9. The topological polar surface area (TPSA) is 74.8 Å². The number of rotatable bonds is 4. The largest absolute Gasteiger partial charge is 0.419 e. The fraction of sp³-hybridized carbons (Fsp3) is 0.0625. The average Bonchev–Trinajstić information content (AvgIpc) is 3.08. The first-order chi connectivity index (χ1) is 13.0. The van der Waals surface area contributed by atoms with Crippen molar-refractivity contribution in [1.82, 2.24) is 9.97 Å². The quantitative estimate of drug-likeness (QED) is 0.518. The fourth-order valence-electron chi connectivity index (χ4n) is 2.26. The maximum Gasteiger partial charge on any atom is 0.419 e. The van der Waals surface area contributed by atoms with Crippen LogP contribution in [0.5, 0.6) is 0 Å². The Morgan fingerprint density at radius 1 is 1.07 bits per heavy atom. The fourth-order valence-corrected chi connectivity index (χ4v) is 3.54. The number of alkyl halides is 3. The van der Waals surface area contributed by atoms with E-state index in [1.807, 2.05) is 0 Å². The van der Waals surface area contributed by atoms with Crippen LogP contribution in [0.15, 0.2) is 52.1 Å². The van der Waals surface area contributed by atoms with Crippen LogP contribution in [0.2, 0.25) is 0 Å². The van der Waals surface area contributed by atoms with E-state index in [9.17, 15) is 30.4 Å². The Labute approximate surface area is 163 Å². The van der Waals surface area contributed by atoms with Gasteiger partial charge < -0.3 is 4.98 Å². The Morgan fingerprint density at radius 3 is 2.39 bits per heavy atom. The van der Waals surface area contributed by atoms with Gasteiger partial charge in [0.2, 0.25) is 0 Å². The molecule has 0 aliphatic carbocycles. The zero-order valence-corrected chi connectivity index (χ0v) is 15.9. The second-order valence-corrected chi connectivity index (χ2v) is 8.12. The van der Waals surface area contributed by atoms with E-state index in [0.717, 1.165) is 6.20 Å². The number of sulfonamides is 1. The summed E-state index contributed by atoms with van der Waals surface area (Å²) in [6, 6.07) is 4.50. The minimum atomic E-state index is -5.12. The predicted octanol–water partition coefficient (Wildman–Crippen LogP) is 4.94. The van der Waals surface area contributed by atoms with Crippen molar-refractivity contribution >= 4 is 31.6 Å². The average molecular weight is 482 g/mol. The molecule has 1 aromatic carbocycles. The van der Waals surface area contributed by atoms with Gasteiger partial charge in [0.15, 0.2) is 0 Å². The van der Waals surface area contributed by atoms with Gasteiger partial charge in [0.25, 0.3) is 10.0 Å². The van der Waals surface area contributed by atoms with Gasteiger partial charge in [0, 0.05) is 22.9 Å². The first-order valence-electron chi connectivity index (χ1n) is 7.37. The number of pyridine rings is 1. The highest BCUT2D eigenvalue weighted by Crippen LogP contribution is 2.34. The molecule has 5 nitrogen and oxygen atoms in total. The number of aromatic amines is 1.